The third-order valence-corrected chi connectivity index (χ3v) is 3.49. The van der Waals surface area contributed by atoms with Gasteiger partial charge >= 0.3 is 0 Å². The van der Waals surface area contributed by atoms with Crippen molar-refractivity contribution in [3.8, 4) is 0 Å². The predicted octanol–water partition coefficient (Wildman–Crippen LogP) is 1.41. The molecule has 1 rings (SSSR count). The molecule has 1 aromatic carbocycles. The molecule has 0 atom stereocenters. The average molecular weight is 333 g/mol. The van der Waals surface area contributed by atoms with Gasteiger partial charge in [0.1, 0.15) is 0 Å². The summed E-state index contributed by atoms with van der Waals surface area (Å²) in [7, 11) is 1.53. The minimum Gasteiger partial charge on any atom is -0.350 e. The Balaban J connectivity index is 2.51. The van der Waals surface area contributed by atoms with Gasteiger partial charge in [-0.05, 0) is 57.9 Å². The van der Waals surface area contributed by atoms with Gasteiger partial charge in [0.05, 0.1) is 13.1 Å². The summed E-state index contributed by atoms with van der Waals surface area (Å²) in [5, 5.41) is 5.37. The molecule has 24 heavy (non-hydrogen) atoms. The zero-order valence-corrected chi connectivity index (χ0v) is 15.3. The van der Waals surface area contributed by atoms with Crippen molar-refractivity contribution < 1.29 is 14.4 Å². The molecule has 0 aliphatic carbocycles. The summed E-state index contributed by atoms with van der Waals surface area (Å²) in [6.45, 7) is 9.32. The van der Waals surface area contributed by atoms with Crippen LogP contribution in [-0.2, 0) is 9.59 Å². The van der Waals surface area contributed by atoms with Gasteiger partial charge in [0.2, 0.25) is 11.8 Å². The number of benzene rings is 1. The zero-order chi connectivity index (χ0) is 18.5. The number of aryl methyl sites for hydroxylation is 2. The Morgan fingerprint density at radius 3 is 2.25 bits per heavy atom. The van der Waals surface area contributed by atoms with Crippen LogP contribution in [0.25, 0.3) is 0 Å². The molecule has 6 nitrogen and oxygen atoms in total. The van der Waals surface area contributed by atoms with Gasteiger partial charge in [-0.3, -0.25) is 14.4 Å². The number of amides is 3. The first kappa shape index (κ1) is 19.7. The standard InChI is InChI=1S/C18H27N3O3/c1-12-7-8-14(9-13(12)2)17(24)19-10-16(23)21(6)11-15(22)20-18(3,4)5/h7-9H,10-11H2,1-6H3,(H,19,24)(H,20,22). The maximum absolute atomic E-state index is 12.1. The molecule has 0 aliphatic heterocycles. The molecular weight excluding hydrogens is 306 g/mol. The Labute approximate surface area is 143 Å². The summed E-state index contributed by atoms with van der Waals surface area (Å²) in [5.74, 6) is -0.867. The summed E-state index contributed by atoms with van der Waals surface area (Å²) in [6.07, 6.45) is 0. The van der Waals surface area contributed by atoms with Crippen molar-refractivity contribution in [3.63, 3.8) is 0 Å². The lowest BCUT2D eigenvalue weighted by Crippen LogP contribution is -2.47. The van der Waals surface area contributed by atoms with Crippen LogP contribution in [0.1, 0.15) is 42.3 Å². The molecule has 0 unspecified atom stereocenters. The third kappa shape index (κ3) is 6.40. The molecule has 0 aromatic heterocycles. The number of likely N-dealkylation sites (N-methyl/N-ethyl adjacent to an activating group) is 1. The van der Waals surface area contributed by atoms with E-state index in [-0.39, 0.29) is 36.3 Å². The van der Waals surface area contributed by atoms with E-state index in [4.69, 9.17) is 0 Å². The molecule has 3 amide bonds. The van der Waals surface area contributed by atoms with Gasteiger partial charge < -0.3 is 15.5 Å². The van der Waals surface area contributed by atoms with Crippen molar-refractivity contribution in [2.45, 2.75) is 40.2 Å². The highest BCUT2D eigenvalue weighted by Gasteiger charge is 2.18. The summed E-state index contributed by atoms with van der Waals surface area (Å²) in [6, 6.07) is 5.38. The number of hydrogen-bond donors (Lipinski definition) is 2. The predicted molar refractivity (Wildman–Crippen MR) is 93.8 cm³/mol. The lowest BCUT2D eigenvalue weighted by molar-refractivity contribution is -0.134. The Kier molecular flexibility index (Phi) is 6.51. The maximum atomic E-state index is 12.1. The minimum atomic E-state index is -0.349. The smallest absolute Gasteiger partial charge is 0.251 e. The molecule has 0 radical (unpaired) electrons. The molecule has 0 saturated carbocycles. The molecule has 2 N–H and O–H groups in total. The average Bonchev–Trinajstić information content (AvgIpc) is 2.45. The first-order valence-electron chi connectivity index (χ1n) is 7.90. The molecule has 1 aromatic rings. The second-order valence-electron chi connectivity index (χ2n) is 7.03. The molecule has 0 fully saturated rings. The first-order chi connectivity index (χ1) is 11.0. The van der Waals surface area contributed by atoms with Crippen LogP contribution in [-0.4, -0.2) is 48.3 Å². The van der Waals surface area contributed by atoms with Crippen LogP contribution in [0.4, 0.5) is 0 Å². The number of nitrogens with zero attached hydrogens (tertiary/aromatic N) is 1. The van der Waals surface area contributed by atoms with Crippen LogP contribution in [0, 0.1) is 13.8 Å². The highest BCUT2D eigenvalue weighted by Crippen LogP contribution is 2.09. The molecule has 0 saturated heterocycles. The quantitative estimate of drug-likeness (QED) is 0.855. The van der Waals surface area contributed by atoms with E-state index in [0.717, 1.165) is 11.1 Å². The van der Waals surface area contributed by atoms with Gasteiger partial charge in [0.25, 0.3) is 5.91 Å². The van der Waals surface area contributed by atoms with E-state index >= 15 is 0 Å². The van der Waals surface area contributed by atoms with Crippen LogP contribution in [0.15, 0.2) is 18.2 Å². The van der Waals surface area contributed by atoms with Crippen LogP contribution < -0.4 is 10.6 Å². The van der Waals surface area contributed by atoms with Gasteiger partial charge in [-0.1, -0.05) is 6.07 Å². The summed E-state index contributed by atoms with van der Waals surface area (Å²) in [4.78, 5) is 37.2. The second kappa shape index (κ2) is 7.95. The first-order valence-corrected chi connectivity index (χ1v) is 7.90. The molecular formula is C18H27N3O3. The summed E-state index contributed by atoms with van der Waals surface area (Å²) in [5.41, 5.74) is 2.29. The van der Waals surface area contributed by atoms with Gasteiger partial charge in [0, 0.05) is 18.2 Å². The second-order valence-corrected chi connectivity index (χ2v) is 7.03. The minimum absolute atomic E-state index is 0.0460. The molecule has 0 heterocycles. The molecule has 132 valence electrons. The van der Waals surface area contributed by atoms with Crippen LogP contribution >= 0.6 is 0 Å². The zero-order valence-electron chi connectivity index (χ0n) is 15.3. The lowest BCUT2D eigenvalue weighted by Gasteiger charge is -2.23. The number of carbonyl (C=O) groups is 3. The normalized spacial score (nSPS) is 10.9. The largest absolute Gasteiger partial charge is 0.350 e. The van der Waals surface area contributed by atoms with Crippen molar-refractivity contribution in [1.82, 2.24) is 15.5 Å². The summed E-state index contributed by atoms with van der Waals surface area (Å²) >= 11 is 0. The Hall–Kier alpha value is -2.37. The molecule has 0 aliphatic rings. The van der Waals surface area contributed by atoms with E-state index in [1.807, 2.05) is 40.7 Å². The van der Waals surface area contributed by atoms with Crippen molar-refractivity contribution in [3.05, 3.63) is 34.9 Å². The van der Waals surface area contributed by atoms with E-state index in [1.54, 1.807) is 12.1 Å². The SMILES string of the molecule is Cc1ccc(C(=O)NCC(=O)N(C)CC(=O)NC(C)(C)C)cc1C. The van der Waals surface area contributed by atoms with E-state index in [2.05, 4.69) is 10.6 Å². The van der Waals surface area contributed by atoms with Gasteiger partial charge in [-0.25, -0.2) is 0 Å². The lowest BCUT2D eigenvalue weighted by atomic mass is 10.1. The highest BCUT2D eigenvalue weighted by molar-refractivity contribution is 5.97. The van der Waals surface area contributed by atoms with E-state index in [1.165, 1.54) is 11.9 Å². The van der Waals surface area contributed by atoms with E-state index in [0.29, 0.717) is 5.56 Å². The topological polar surface area (TPSA) is 78.5 Å². The van der Waals surface area contributed by atoms with Gasteiger partial charge in [0.15, 0.2) is 0 Å². The Morgan fingerprint density at radius 2 is 1.71 bits per heavy atom. The Bertz CT molecular complexity index is 633. The van der Waals surface area contributed by atoms with Gasteiger partial charge in [-0.15, -0.1) is 0 Å². The molecule has 6 heteroatoms. The van der Waals surface area contributed by atoms with E-state index in [9.17, 15) is 14.4 Å². The van der Waals surface area contributed by atoms with Crippen molar-refractivity contribution in [2.24, 2.45) is 0 Å². The van der Waals surface area contributed by atoms with E-state index < -0.39 is 0 Å². The number of nitrogens with one attached hydrogen (secondary N) is 2. The van der Waals surface area contributed by atoms with Crippen molar-refractivity contribution in [1.29, 1.82) is 0 Å². The van der Waals surface area contributed by atoms with Crippen LogP contribution in [0.3, 0.4) is 0 Å². The summed E-state index contributed by atoms with van der Waals surface area (Å²) < 4.78 is 0. The maximum Gasteiger partial charge on any atom is 0.251 e. The van der Waals surface area contributed by atoms with Gasteiger partial charge in [-0.2, -0.15) is 0 Å². The number of rotatable bonds is 5. The number of hydrogen-bond acceptors (Lipinski definition) is 3. The monoisotopic (exact) mass is 333 g/mol. The van der Waals surface area contributed by atoms with Crippen molar-refractivity contribution in [2.75, 3.05) is 20.1 Å². The number of carbonyl (C=O) groups excluding carboxylic acids is 3. The van der Waals surface area contributed by atoms with Crippen LogP contribution in [0.5, 0.6) is 0 Å². The Morgan fingerprint density at radius 1 is 1.08 bits per heavy atom. The fourth-order valence-corrected chi connectivity index (χ4v) is 2.04. The fraction of sp³-hybridized carbons (Fsp3) is 0.500. The third-order valence-electron chi connectivity index (χ3n) is 3.49. The highest BCUT2D eigenvalue weighted by atomic mass is 16.2. The van der Waals surface area contributed by atoms with Crippen molar-refractivity contribution >= 4 is 17.7 Å². The van der Waals surface area contributed by atoms with Crippen LogP contribution in [0.2, 0.25) is 0 Å². The fourth-order valence-electron chi connectivity index (χ4n) is 2.04. The molecule has 0 spiro atoms. The molecule has 0 bridgehead atoms.